The Morgan fingerprint density at radius 3 is 2.42 bits per heavy atom. The lowest BCUT2D eigenvalue weighted by Crippen LogP contribution is -2.36. The van der Waals surface area contributed by atoms with Gasteiger partial charge in [-0.1, -0.05) is 25.1 Å². The highest BCUT2D eigenvalue weighted by atomic mass is 16.5. The maximum Gasteiger partial charge on any atom is 0.244 e. The number of methoxy groups -OCH3 is 1. The van der Waals surface area contributed by atoms with Crippen molar-refractivity contribution in [3.8, 4) is 5.75 Å². The van der Waals surface area contributed by atoms with Crippen LogP contribution in [-0.2, 0) is 16.0 Å². The third kappa shape index (κ3) is 4.59. The van der Waals surface area contributed by atoms with Gasteiger partial charge in [-0.3, -0.25) is 9.59 Å². The van der Waals surface area contributed by atoms with Crippen molar-refractivity contribution < 1.29 is 14.3 Å². The molecule has 0 fully saturated rings. The molecule has 2 amide bonds. The molecule has 0 aliphatic carbocycles. The number of hydrogen-bond acceptors (Lipinski definition) is 3. The van der Waals surface area contributed by atoms with Gasteiger partial charge >= 0.3 is 0 Å². The summed E-state index contributed by atoms with van der Waals surface area (Å²) in [5.41, 5.74) is 2.54. The van der Waals surface area contributed by atoms with E-state index in [4.69, 9.17) is 4.74 Å². The predicted octanol–water partition coefficient (Wildman–Crippen LogP) is 3.25. The normalized spacial score (nSPS) is 10.1. The Morgan fingerprint density at radius 1 is 1.12 bits per heavy atom. The summed E-state index contributed by atoms with van der Waals surface area (Å²) in [6, 6.07) is 14.7. The minimum absolute atomic E-state index is 0.0575. The minimum atomic E-state index is -0.253. The lowest BCUT2D eigenvalue weighted by Gasteiger charge is -2.21. The zero-order chi connectivity index (χ0) is 17.5. The maximum atomic E-state index is 12.3. The van der Waals surface area contributed by atoms with Gasteiger partial charge in [0.1, 0.15) is 12.3 Å². The maximum absolute atomic E-state index is 12.3. The molecule has 2 aromatic rings. The fourth-order valence-corrected chi connectivity index (χ4v) is 2.33. The van der Waals surface area contributed by atoms with Crippen molar-refractivity contribution in [1.82, 2.24) is 0 Å². The number of nitrogens with zero attached hydrogens (tertiary/aromatic N) is 1. The molecule has 24 heavy (non-hydrogen) atoms. The molecule has 2 aromatic carbocycles. The van der Waals surface area contributed by atoms with Gasteiger partial charge in [0.25, 0.3) is 0 Å². The Balaban J connectivity index is 2.08. The van der Waals surface area contributed by atoms with Gasteiger partial charge in [0.2, 0.25) is 11.8 Å². The van der Waals surface area contributed by atoms with Crippen molar-refractivity contribution in [3.63, 3.8) is 0 Å². The highest BCUT2D eigenvalue weighted by Crippen LogP contribution is 2.21. The lowest BCUT2D eigenvalue weighted by atomic mass is 10.1. The summed E-state index contributed by atoms with van der Waals surface area (Å²) >= 11 is 0. The van der Waals surface area contributed by atoms with Gasteiger partial charge < -0.3 is 15.0 Å². The smallest absolute Gasteiger partial charge is 0.244 e. The van der Waals surface area contributed by atoms with Crippen LogP contribution in [0.5, 0.6) is 5.75 Å². The van der Waals surface area contributed by atoms with Gasteiger partial charge in [-0.15, -0.1) is 0 Å². The Hall–Kier alpha value is -2.82. The Kier molecular flexibility index (Phi) is 5.95. The zero-order valence-corrected chi connectivity index (χ0v) is 14.2. The molecule has 0 heterocycles. The monoisotopic (exact) mass is 326 g/mol. The summed E-state index contributed by atoms with van der Waals surface area (Å²) in [5, 5.41) is 2.81. The number of hydrogen-bond donors (Lipinski definition) is 1. The molecular weight excluding hydrogens is 304 g/mol. The molecule has 5 heteroatoms. The SMILES string of the molecule is CCc1ccc(NC(=O)CN(C(C)=O)c2cccc(OC)c2)cc1. The molecule has 1 N–H and O–H groups in total. The van der Waals surface area contributed by atoms with E-state index in [2.05, 4.69) is 12.2 Å². The molecule has 126 valence electrons. The predicted molar refractivity (Wildman–Crippen MR) is 95.5 cm³/mol. The van der Waals surface area contributed by atoms with Gasteiger partial charge in [-0.05, 0) is 36.2 Å². The highest BCUT2D eigenvalue weighted by Gasteiger charge is 2.16. The fraction of sp³-hybridized carbons (Fsp3) is 0.263. The number of amides is 2. The molecule has 0 saturated heterocycles. The molecule has 0 unspecified atom stereocenters. The van der Waals surface area contributed by atoms with E-state index in [1.165, 1.54) is 17.4 Å². The summed E-state index contributed by atoms with van der Waals surface area (Å²) < 4.78 is 5.17. The summed E-state index contributed by atoms with van der Waals surface area (Å²) in [7, 11) is 1.56. The van der Waals surface area contributed by atoms with Gasteiger partial charge in [-0.2, -0.15) is 0 Å². The van der Waals surface area contributed by atoms with Crippen LogP contribution < -0.4 is 15.0 Å². The zero-order valence-electron chi connectivity index (χ0n) is 14.2. The Labute approximate surface area is 142 Å². The summed E-state index contributed by atoms with van der Waals surface area (Å²) in [5.74, 6) is 0.173. The average molecular weight is 326 g/mol. The number of aryl methyl sites for hydroxylation is 1. The van der Waals surface area contributed by atoms with Crippen LogP contribution >= 0.6 is 0 Å². The summed E-state index contributed by atoms with van der Waals surface area (Å²) in [6.45, 7) is 3.45. The third-order valence-electron chi connectivity index (χ3n) is 3.69. The van der Waals surface area contributed by atoms with Crippen molar-refractivity contribution in [3.05, 3.63) is 54.1 Å². The van der Waals surface area contributed by atoms with Crippen molar-refractivity contribution >= 4 is 23.2 Å². The first kappa shape index (κ1) is 17.5. The van der Waals surface area contributed by atoms with E-state index in [9.17, 15) is 9.59 Å². The van der Waals surface area contributed by atoms with E-state index in [1.54, 1.807) is 31.4 Å². The van der Waals surface area contributed by atoms with E-state index >= 15 is 0 Å². The van der Waals surface area contributed by atoms with Gasteiger partial charge in [0, 0.05) is 24.4 Å². The van der Waals surface area contributed by atoms with Gasteiger partial charge in [0.15, 0.2) is 0 Å². The molecular formula is C19H22N2O3. The highest BCUT2D eigenvalue weighted by molar-refractivity contribution is 6.01. The Bertz CT molecular complexity index is 711. The summed E-state index contributed by atoms with van der Waals surface area (Å²) in [6.07, 6.45) is 0.947. The summed E-state index contributed by atoms with van der Waals surface area (Å²) in [4.78, 5) is 25.6. The average Bonchev–Trinajstić information content (AvgIpc) is 2.60. The number of nitrogens with one attached hydrogen (secondary N) is 1. The number of carbonyl (C=O) groups excluding carboxylic acids is 2. The Morgan fingerprint density at radius 2 is 1.83 bits per heavy atom. The molecule has 0 aliphatic heterocycles. The molecule has 2 rings (SSSR count). The van der Waals surface area contributed by atoms with E-state index in [0.717, 1.165) is 6.42 Å². The van der Waals surface area contributed by atoms with Crippen molar-refractivity contribution in [2.24, 2.45) is 0 Å². The van der Waals surface area contributed by atoms with Crippen molar-refractivity contribution in [2.75, 3.05) is 23.9 Å². The number of benzene rings is 2. The second-order valence-corrected chi connectivity index (χ2v) is 5.41. The van der Waals surface area contributed by atoms with Crippen molar-refractivity contribution in [1.29, 1.82) is 0 Å². The van der Waals surface area contributed by atoms with Crippen LogP contribution in [0.1, 0.15) is 19.4 Å². The topological polar surface area (TPSA) is 58.6 Å². The number of ether oxygens (including phenoxy) is 1. The number of rotatable bonds is 6. The molecule has 5 nitrogen and oxygen atoms in total. The first-order valence-corrected chi connectivity index (χ1v) is 7.84. The minimum Gasteiger partial charge on any atom is -0.497 e. The quantitative estimate of drug-likeness (QED) is 0.886. The van der Waals surface area contributed by atoms with E-state index in [-0.39, 0.29) is 18.4 Å². The van der Waals surface area contributed by atoms with Crippen LogP contribution in [0.15, 0.2) is 48.5 Å². The fourth-order valence-electron chi connectivity index (χ4n) is 2.33. The second kappa shape index (κ2) is 8.15. The van der Waals surface area contributed by atoms with Crippen LogP contribution in [0.25, 0.3) is 0 Å². The van der Waals surface area contributed by atoms with Crippen LogP contribution in [0, 0.1) is 0 Å². The van der Waals surface area contributed by atoms with Crippen LogP contribution in [-0.4, -0.2) is 25.5 Å². The molecule has 0 bridgehead atoms. The molecule has 0 saturated carbocycles. The van der Waals surface area contributed by atoms with Crippen LogP contribution in [0.4, 0.5) is 11.4 Å². The first-order chi connectivity index (χ1) is 11.5. The van der Waals surface area contributed by atoms with E-state index in [1.807, 2.05) is 24.3 Å². The molecule has 0 radical (unpaired) electrons. The molecule has 0 aliphatic rings. The van der Waals surface area contributed by atoms with E-state index in [0.29, 0.717) is 17.1 Å². The molecule has 0 spiro atoms. The first-order valence-electron chi connectivity index (χ1n) is 7.84. The van der Waals surface area contributed by atoms with Gasteiger partial charge in [-0.25, -0.2) is 0 Å². The standard InChI is InChI=1S/C19H22N2O3/c1-4-15-8-10-16(11-9-15)20-19(23)13-21(14(2)22)17-6-5-7-18(12-17)24-3/h5-12H,4,13H2,1-3H3,(H,20,23). The largest absolute Gasteiger partial charge is 0.497 e. The van der Waals surface area contributed by atoms with Gasteiger partial charge in [0.05, 0.1) is 7.11 Å². The number of carbonyl (C=O) groups is 2. The molecule has 0 atom stereocenters. The second-order valence-electron chi connectivity index (χ2n) is 5.41. The lowest BCUT2D eigenvalue weighted by molar-refractivity contribution is -0.120. The molecule has 0 aromatic heterocycles. The van der Waals surface area contributed by atoms with Crippen LogP contribution in [0.3, 0.4) is 0 Å². The van der Waals surface area contributed by atoms with E-state index < -0.39 is 0 Å². The van der Waals surface area contributed by atoms with Crippen molar-refractivity contribution in [2.45, 2.75) is 20.3 Å². The number of anilines is 2. The van der Waals surface area contributed by atoms with Crippen LogP contribution in [0.2, 0.25) is 0 Å². The third-order valence-corrected chi connectivity index (χ3v) is 3.69.